The number of hydrogen-bond donors (Lipinski definition) is 0. The maximum absolute atomic E-state index is 5.65. The normalized spacial score (nSPS) is 17.1. The van der Waals surface area contributed by atoms with Crippen molar-refractivity contribution in [2.45, 2.75) is 56.2 Å². The van der Waals surface area contributed by atoms with Gasteiger partial charge in [-0.3, -0.25) is 0 Å². The lowest BCUT2D eigenvalue weighted by Gasteiger charge is -2.09. The summed E-state index contributed by atoms with van der Waals surface area (Å²) in [5, 5.41) is 16.7. The summed E-state index contributed by atoms with van der Waals surface area (Å²) in [6, 6.07) is 8.26. The number of rotatable bonds is 7. The van der Waals surface area contributed by atoms with Crippen molar-refractivity contribution >= 4 is 11.8 Å². The minimum absolute atomic E-state index is 0.191. The van der Waals surface area contributed by atoms with E-state index in [-0.39, 0.29) is 6.10 Å². The summed E-state index contributed by atoms with van der Waals surface area (Å²) in [4.78, 5) is 4.49. The molecule has 3 aromatic rings. The first-order valence-corrected chi connectivity index (χ1v) is 10.1. The summed E-state index contributed by atoms with van der Waals surface area (Å²) in [6.07, 6.45) is 2.33. The highest BCUT2D eigenvalue weighted by Gasteiger charge is 2.19. The Labute approximate surface area is 161 Å². The quantitative estimate of drug-likeness (QED) is 0.571. The van der Waals surface area contributed by atoms with Crippen molar-refractivity contribution in [1.29, 1.82) is 0 Å². The van der Waals surface area contributed by atoms with Gasteiger partial charge in [0, 0.05) is 12.2 Å². The van der Waals surface area contributed by atoms with E-state index in [0.29, 0.717) is 29.9 Å². The van der Waals surface area contributed by atoms with Gasteiger partial charge < -0.3 is 9.26 Å². The van der Waals surface area contributed by atoms with Crippen molar-refractivity contribution in [3.8, 4) is 11.4 Å². The monoisotopic (exact) mass is 386 g/mol. The SMILES string of the molecule is CC(C)c1ccc(-c2noc(CSc3nnnn3C[C@@H]3CCCO3)n2)cc1. The Morgan fingerprint density at radius 1 is 1.26 bits per heavy atom. The lowest BCUT2D eigenvalue weighted by molar-refractivity contribution is 0.0912. The third-order valence-electron chi connectivity index (χ3n) is 4.53. The molecule has 1 atom stereocenters. The van der Waals surface area contributed by atoms with Crippen molar-refractivity contribution < 1.29 is 9.26 Å². The Hall–Kier alpha value is -2.26. The zero-order valence-corrected chi connectivity index (χ0v) is 16.2. The number of thioether (sulfide) groups is 1. The van der Waals surface area contributed by atoms with Gasteiger partial charge >= 0.3 is 0 Å². The summed E-state index contributed by atoms with van der Waals surface area (Å²) in [7, 11) is 0. The van der Waals surface area contributed by atoms with E-state index in [9.17, 15) is 0 Å². The van der Waals surface area contributed by atoms with Crippen molar-refractivity contribution in [2.24, 2.45) is 0 Å². The van der Waals surface area contributed by atoms with Crippen molar-refractivity contribution in [3.05, 3.63) is 35.7 Å². The van der Waals surface area contributed by atoms with Gasteiger partial charge in [0.2, 0.25) is 16.9 Å². The number of benzene rings is 1. The van der Waals surface area contributed by atoms with E-state index in [2.05, 4.69) is 51.6 Å². The van der Waals surface area contributed by atoms with Crippen LogP contribution in [0.3, 0.4) is 0 Å². The van der Waals surface area contributed by atoms with E-state index in [1.807, 2.05) is 12.1 Å². The lowest BCUT2D eigenvalue weighted by Crippen LogP contribution is -2.16. The van der Waals surface area contributed by atoms with Crippen LogP contribution in [-0.4, -0.2) is 43.1 Å². The molecule has 142 valence electrons. The van der Waals surface area contributed by atoms with Gasteiger partial charge in [-0.15, -0.1) is 5.10 Å². The molecule has 0 bridgehead atoms. The maximum Gasteiger partial charge on any atom is 0.237 e. The van der Waals surface area contributed by atoms with Crippen LogP contribution in [0.1, 0.15) is 44.1 Å². The maximum atomic E-state index is 5.65. The molecule has 0 aliphatic carbocycles. The minimum Gasteiger partial charge on any atom is -0.376 e. The topological polar surface area (TPSA) is 91.8 Å². The second-order valence-corrected chi connectivity index (χ2v) is 7.80. The highest BCUT2D eigenvalue weighted by molar-refractivity contribution is 7.98. The zero-order chi connectivity index (χ0) is 18.6. The van der Waals surface area contributed by atoms with E-state index in [1.165, 1.54) is 17.3 Å². The van der Waals surface area contributed by atoms with E-state index in [1.54, 1.807) is 4.68 Å². The fourth-order valence-electron chi connectivity index (χ4n) is 2.97. The minimum atomic E-state index is 0.191. The second kappa shape index (κ2) is 8.18. The summed E-state index contributed by atoms with van der Waals surface area (Å²) >= 11 is 1.48. The standard InChI is InChI=1S/C18H22N6O2S/c1-12(2)13-5-7-14(8-6-13)17-19-16(26-21-17)11-27-18-20-22-23-24(18)10-15-4-3-9-25-15/h5-8,12,15H,3-4,9-11H2,1-2H3/t15-/m0/s1. The van der Waals surface area contributed by atoms with Crippen LogP contribution in [0.15, 0.2) is 33.9 Å². The Balaban J connectivity index is 1.38. The van der Waals surface area contributed by atoms with Crippen LogP contribution >= 0.6 is 11.8 Å². The van der Waals surface area contributed by atoms with Crippen LogP contribution in [-0.2, 0) is 17.0 Å². The van der Waals surface area contributed by atoms with Crippen LogP contribution < -0.4 is 0 Å². The molecule has 1 aliphatic heterocycles. The molecule has 0 spiro atoms. The first-order valence-electron chi connectivity index (χ1n) is 9.12. The molecule has 4 rings (SSSR count). The molecule has 1 aromatic carbocycles. The molecule has 2 aromatic heterocycles. The van der Waals surface area contributed by atoms with Crippen molar-refractivity contribution in [2.75, 3.05) is 6.61 Å². The lowest BCUT2D eigenvalue weighted by atomic mass is 10.0. The molecule has 0 amide bonds. The molecule has 1 fully saturated rings. The van der Waals surface area contributed by atoms with Gasteiger partial charge in [0.25, 0.3) is 0 Å². The van der Waals surface area contributed by atoms with Gasteiger partial charge in [-0.1, -0.05) is 55.0 Å². The fourth-order valence-corrected chi connectivity index (χ4v) is 3.69. The number of ether oxygens (including phenoxy) is 1. The predicted octanol–water partition coefficient (Wildman–Crippen LogP) is 3.32. The number of aromatic nitrogens is 6. The molecule has 0 N–H and O–H groups in total. The summed E-state index contributed by atoms with van der Waals surface area (Å²) in [6.45, 7) is 5.83. The van der Waals surface area contributed by atoms with Gasteiger partial charge in [0.15, 0.2) is 0 Å². The van der Waals surface area contributed by atoms with Crippen molar-refractivity contribution in [1.82, 2.24) is 30.3 Å². The molecule has 0 unspecified atom stereocenters. The molecule has 1 saturated heterocycles. The smallest absolute Gasteiger partial charge is 0.237 e. The van der Waals surface area contributed by atoms with Gasteiger partial charge in [-0.05, 0) is 34.7 Å². The molecular weight excluding hydrogens is 364 g/mol. The number of nitrogens with zero attached hydrogens (tertiary/aromatic N) is 6. The summed E-state index contributed by atoms with van der Waals surface area (Å²) < 4.78 is 12.8. The Morgan fingerprint density at radius 2 is 2.11 bits per heavy atom. The summed E-state index contributed by atoms with van der Waals surface area (Å²) in [5.41, 5.74) is 2.23. The Morgan fingerprint density at radius 3 is 2.85 bits per heavy atom. The first-order chi connectivity index (χ1) is 13.2. The molecule has 27 heavy (non-hydrogen) atoms. The first kappa shape index (κ1) is 18.1. The Kier molecular flexibility index (Phi) is 5.49. The third kappa shape index (κ3) is 4.36. The van der Waals surface area contributed by atoms with Crippen LogP contribution in [0, 0.1) is 0 Å². The summed E-state index contributed by atoms with van der Waals surface area (Å²) in [5.74, 6) is 2.16. The molecular formula is C18H22N6O2S. The molecule has 3 heterocycles. The fraction of sp³-hybridized carbons (Fsp3) is 0.500. The van der Waals surface area contributed by atoms with Crippen LogP contribution in [0.2, 0.25) is 0 Å². The molecule has 9 heteroatoms. The molecule has 0 radical (unpaired) electrons. The Bertz CT molecular complexity index is 870. The highest BCUT2D eigenvalue weighted by atomic mass is 32.2. The number of hydrogen-bond acceptors (Lipinski definition) is 8. The van der Waals surface area contributed by atoms with E-state index in [0.717, 1.165) is 30.2 Å². The van der Waals surface area contributed by atoms with Gasteiger partial charge in [-0.2, -0.15) is 4.98 Å². The highest BCUT2D eigenvalue weighted by Crippen LogP contribution is 2.24. The van der Waals surface area contributed by atoms with Gasteiger partial charge in [0.05, 0.1) is 18.4 Å². The van der Waals surface area contributed by atoms with Gasteiger partial charge in [-0.25, -0.2) is 4.68 Å². The molecule has 8 nitrogen and oxygen atoms in total. The van der Waals surface area contributed by atoms with Crippen LogP contribution in [0.25, 0.3) is 11.4 Å². The van der Waals surface area contributed by atoms with E-state index in [4.69, 9.17) is 9.26 Å². The second-order valence-electron chi connectivity index (χ2n) is 6.86. The molecule has 0 saturated carbocycles. The van der Waals surface area contributed by atoms with Crippen LogP contribution in [0.5, 0.6) is 0 Å². The number of tetrazole rings is 1. The molecule has 1 aliphatic rings. The zero-order valence-electron chi connectivity index (χ0n) is 15.4. The van der Waals surface area contributed by atoms with Crippen molar-refractivity contribution in [3.63, 3.8) is 0 Å². The largest absolute Gasteiger partial charge is 0.376 e. The van der Waals surface area contributed by atoms with Crippen LogP contribution in [0.4, 0.5) is 0 Å². The van der Waals surface area contributed by atoms with Gasteiger partial charge in [0.1, 0.15) is 0 Å². The predicted molar refractivity (Wildman–Crippen MR) is 100 cm³/mol. The average molecular weight is 386 g/mol. The van der Waals surface area contributed by atoms with E-state index >= 15 is 0 Å². The third-order valence-corrected chi connectivity index (χ3v) is 5.47. The average Bonchev–Trinajstić information content (AvgIpc) is 3.43. The van der Waals surface area contributed by atoms with E-state index < -0.39 is 0 Å².